The van der Waals surface area contributed by atoms with Gasteiger partial charge in [-0.05, 0) is 25.5 Å². The number of urea groups is 1. The van der Waals surface area contributed by atoms with Crippen LogP contribution in [0, 0.1) is 11.7 Å². The summed E-state index contributed by atoms with van der Waals surface area (Å²) < 4.78 is 13.7. The van der Waals surface area contributed by atoms with Crippen molar-refractivity contribution in [3.8, 4) is 0 Å². The Balaban J connectivity index is 2.72. The molecule has 0 heterocycles. The molecule has 2 amide bonds. The van der Waals surface area contributed by atoms with Gasteiger partial charge in [-0.1, -0.05) is 25.5 Å². The van der Waals surface area contributed by atoms with Gasteiger partial charge in [0, 0.05) is 13.1 Å². The molecule has 1 aromatic rings. The number of aliphatic carboxylic acids is 1. The molecule has 0 aliphatic carbocycles. The van der Waals surface area contributed by atoms with E-state index in [1.165, 1.54) is 17.0 Å². The zero-order valence-electron chi connectivity index (χ0n) is 12.3. The van der Waals surface area contributed by atoms with E-state index in [-0.39, 0.29) is 18.8 Å². The molecule has 0 saturated heterocycles. The summed E-state index contributed by atoms with van der Waals surface area (Å²) in [5, 5.41) is 11.6. The van der Waals surface area contributed by atoms with E-state index in [4.69, 9.17) is 5.11 Å². The summed E-state index contributed by atoms with van der Waals surface area (Å²) >= 11 is 0. The van der Waals surface area contributed by atoms with Gasteiger partial charge in [0.15, 0.2) is 0 Å². The van der Waals surface area contributed by atoms with Crippen LogP contribution in [0.1, 0.15) is 26.7 Å². The summed E-state index contributed by atoms with van der Waals surface area (Å²) in [5.74, 6) is -2.05. The maximum atomic E-state index is 13.7. The number of nitrogens with zero attached hydrogens (tertiary/aromatic N) is 1. The van der Waals surface area contributed by atoms with Crippen LogP contribution in [0.3, 0.4) is 0 Å². The number of nitrogens with one attached hydrogen (secondary N) is 1. The third-order valence-electron chi connectivity index (χ3n) is 3.19. The Morgan fingerprint density at radius 2 is 2.00 bits per heavy atom. The van der Waals surface area contributed by atoms with Gasteiger partial charge in [-0.15, -0.1) is 0 Å². The molecule has 21 heavy (non-hydrogen) atoms. The number of carboxylic acids is 1. The average Bonchev–Trinajstić information content (AvgIpc) is 2.45. The van der Waals surface area contributed by atoms with Gasteiger partial charge in [0.05, 0.1) is 11.6 Å². The lowest BCUT2D eigenvalue weighted by Crippen LogP contribution is -2.43. The fourth-order valence-electron chi connectivity index (χ4n) is 2.06. The van der Waals surface area contributed by atoms with Crippen molar-refractivity contribution in [3.63, 3.8) is 0 Å². The number of anilines is 1. The number of carboxylic acid groups (broad SMARTS) is 1. The summed E-state index contributed by atoms with van der Waals surface area (Å²) in [4.78, 5) is 24.4. The Bertz CT molecular complexity index is 494. The summed E-state index contributed by atoms with van der Waals surface area (Å²) in [6.07, 6.45) is 1.21. The first-order valence-electron chi connectivity index (χ1n) is 7.03. The molecule has 116 valence electrons. The maximum Gasteiger partial charge on any atom is 0.321 e. The summed E-state index contributed by atoms with van der Waals surface area (Å²) in [5.41, 5.74) is 0.180. The van der Waals surface area contributed by atoms with Gasteiger partial charge in [-0.25, -0.2) is 9.18 Å². The SMILES string of the molecule is CCCC(CNC(=O)N(CC)c1ccccc1F)C(=O)O. The van der Waals surface area contributed by atoms with E-state index >= 15 is 0 Å². The van der Waals surface area contributed by atoms with Crippen molar-refractivity contribution in [2.75, 3.05) is 18.0 Å². The number of rotatable bonds is 7. The van der Waals surface area contributed by atoms with Crippen LogP contribution < -0.4 is 10.2 Å². The number of amides is 2. The topological polar surface area (TPSA) is 69.6 Å². The first-order chi connectivity index (χ1) is 10.0. The van der Waals surface area contributed by atoms with Crippen LogP contribution in [-0.4, -0.2) is 30.2 Å². The summed E-state index contributed by atoms with van der Waals surface area (Å²) in [6, 6.07) is 5.49. The zero-order valence-corrected chi connectivity index (χ0v) is 12.3. The van der Waals surface area contributed by atoms with E-state index < -0.39 is 23.7 Å². The van der Waals surface area contributed by atoms with E-state index in [0.29, 0.717) is 6.42 Å². The molecule has 1 atom stereocenters. The lowest BCUT2D eigenvalue weighted by molar-refractivity contribution is -0.141. The van der Waals surface area contributed by atoms with Crippen LogP contribution in [0.15, 0.2) is 24.3 Å². The van der Waals surface area contributed by atoms with Gasteiger partial charge in [0.2, 0.25) is 0 Å². The Kier molecular flexibility index (Phi) is 6.65. The molecule has 0 aromatic heterocycles. The number of carbonyl (C=O) groups is 2. The number of carbonyl (C=O) groups excluding carboxylic acids is 1. The predicted octanol–water partition coefficient (Wildman–Crippen LogP) is 2.86. The molecule has 0 aliphatic heterocycles. The minimum absolute atomic E-state index is 0.0347. The number of hydrogen-bond acceptors (Lipinski definition) is 2. The molecule has 6 heteroatoms. The Hall–Kier alpha value is -2.11. The van der Waals surface area contributed by atoms with Crippen molar-refractivity contribution in [1.82, 2.24) is 5.32 Å². The smallest absolute Gasteiger partial charge is 0.321 e. The van der Waals surface area contributed by atoms with Crippen LogP contribution in [0.2, 0.25) is 0 Å². The number of hydrogen-bond donors (Lipinski definition) is 2. The highest BCUT2D eigenvalue weighted by Gasteiger charge is 2.21. The molecule has 0 saturated carbocycles. The van der Waals surface area contributed by atoms with E-state index in [1.54, 1.807) is 19.1 Å². The van der Waals surface area contributed by atoms with Gasteiger partial charge < -0.3 is 10.4 Å². The van der Waals surface area contributed by atoms with E-state index in [2.05, 4.69) is 5.32 Å². The van der Waals surface area contributed by atoms with Crippen molar-refractivity contribution in [1.29, 1.82) is 0 Å². The minimum atomic E-state index is -0.939. The van der Waals surface area contributed by atoms with E-state index in [9.17, 15) is 14.0 Å². The van der Waals surface area contributed by atoms with Crippen LogP contribution >= 0.6 is 0 Å². The first kappa shape index (κ1) is 16.9. The second-order valence-electron chi connectivity index (χ2n) is 4.71. The number of benzene rings is 1. The van der Waals surface area contributed by atoms with Crippen LogP contribution in [-0.2, 0) is 4.79 Å². The van der Waals surface area contributed by atoms with Crippen molar-refractivity contribution in [2.24, 2.45) is 5.92 Å². The van der Waals surface area contributed by atoms with Crippen molar-refractivity contribution in [2.45, 2.75) is 26.7 Å². The second kappa shape index (κ2) is 8.24. The van der Waals surface area contributed by atoms with E-state index in [1.807, 2.05) is 6.92 Å². The van der Waals surface area contributed by atoms with Gasteiger partial charge in [0.1, 0.15) is 5.82 Å². The molecule has 0 bridgehead atoms. The van der Waals surface area contributed by atoms with Gasteiger partial charge in [0.25, 0.3) is 0 Å². The molecule has 2 N–H and O–H groups in total. The highest BCUT2D eigenvalue weighted by Crippen LogP contribution is 2.18. The molecular formula is C15H21FN2O3. The monoisotopic (exact) mass is 296 g/mol. The van der Waals surface area contributed by atoms with Crippen molar-refractivity contribution < 1.29 is 19.1 Å². The maximum absolute atomic E-state index is 13.7. The molecule has 0 radical (unpaired) electrons. The molecule has 0 fully saturated rings. The molecular weight excluding hydrogens is 275 g/mol. The number of halogens is 1. The Morgan fingerprint density at radius 3 is 2.52 bits per heavy atom. The first-order valence-corrected chi connectivity index (χ1v) is 7.03. The largest absolute Gasteiger partial charge is 0.481 e. The van der Waals surface area contributed by atoms with Crippen molar-refractivity contribution in [3.05, 3.63) is 30.1 Å². The Labute approximate surface area is 123 Å². The molecule has 1 rings (SSSR count). The highest BCUT2D eigenvalue weighted by atomic mass is 19.1. The lowest BCUT2D eigenvalue weighted by atomic mass is 10.0. The molecule has 1 unspecified atom stereocenters. The summed E-state index contributed by atoms with van der Waals surface area (Å²) in [7, 11) is 0. The van der Waals surface area contributed by atoms with Crippen molar-refractivity contribution >= 4 is 17.7 Å². The average molecular weight is 296 g/mol. The van der Waals surface area contributed by atoms with E-state index in [0.717, 1.165) is 6.42 Å². The third-order valence-corrected chi connectivity index (χ3v) is 3.19. The van der Waals surface area contributed by atoms with Gasteiger partial charge >= 0.3 is 12.0 Å². The van der Waals surface area contributed by atoms with Crippen LogP contribution in [0.5, 0.6) is 0 Å². The normalized spacial score (nSPS) is 11.8. The van der Waals surface area contributed by atoms with Gasteiger partial charge in [-0.2, -0.15) is 0 Å². The fourth-order valence-corrected chi connectivity index (χ4v) is 2.06. The van der Waals surface area contributed by atoms with Gasteiger partial charge in [-0.3, -0.25) is 9.69 Å². The minimum Gasteiger partial charge on any atom is -0.481 e. The molecule has 5 nitrogen and oxygen atoms in total. The molecule has 0 spiro atoms. The van der Waals surface area contributed by atoms with Crippen LogP contribution in [0.25, 0.3) is 0 Å². The number of para-hydroxylation sites is 1. The lowest BCUT2D eigenvalue weighted by Gasteiger charge is -2.23. The summed E-state index contributed by atoms with van der Waals surface area (Å²) in [6.45, 7) is 3.94. The fraction of sp³-hybridized carbons (Fsp3) is 0.467. The predicted molar refractivity (Wildman–Crippen MR) is 78.9 cm³/mol. The standard InChI is InChI=1S/C15H21FN2O3/c1-3-7-11(14(19)20)10-17-15(21)18(4-2)13-9-6-5-8-12(13)16/h5-6,8-9,11H,3-4,7,10H2,1-2H3,(H,17,21)(H,19,20). The Morgan fingerprint density at radius 1 is 1.33 bits per heavy atom. The highest BCUT2D eigenvalue weighted by molar-refractivity contribution is 5.92. The second-order valence-corrected chi connectivity index (χ2v) is 4.71. The molecule has 1 aromatic carbocycles. The third kappa shape index (κ3) is 4.73. The van der Waals surface area contributed by atoms with Crippen LogP contribution in [0.4, 0.5) is 14.9 Å². The zero-order chi connectivity index (χ0) is 15.8. The molecule has 0 aliphatic rings. The quantitative estimate of drug-likeness (QED) is 0.813.